The standard InChI is InChI=1S/2C24H27FN6O3/c2*1-12-10-31(3)11-18(12)34-24(32)30-19-7-14-6-15(20(25)21(26)17(14)9-28-19)16-8-29-23-22(13(16)2)27-4-5-33-23/h2*6-9,12,18,27H,4-5,10-11,26H2,1-3H3,(H,28,30,32)/t2*12-,18+/m10/s1. The van der Waals surface area contributed by atoms with Gasteiger partial charge in [-0.3, -0.25) is 10.6 Å². The SMILES string of the molecule is Cc1c(-c2cc3cc(NC(=O)O[C@@H]4CN(C)C[C@@H]4C)ncc3c(N)c2F)cnc2c1NCCO2.Cc1c(-c2cc3cc(NC(=O)O[C@H]4CN(C)C[C@H]4C)ncc3c(N)c2F)cnc2c1NCCO2. The van der Waals surface area contributed by atoms with Crippen molar-refractivity contribution in [1.82, 2.24) is 29.7 Å². The van der Waals surface area contributed by atoms with E-state index in [4.69, 9.17) is 30.4 Å². The fourth-order valence-electron chi connectivity index (χ4n) is 9.30. The number of ether oxygens (including phenoxy) is 4. The second-order valence-corrected chi connectivity index (χ2v) is 17.9. The van der Waals surface area contributed by atoms with Crippen molar-refractivity contribution < 1.29 is 37.3 Å². The summed E-state index contributed by atoms with van der Waals surface area (Å²) in [5.41, 5.74) is 17.2. The second-order valence-electron chi connectivity index (χ2n) is 17.9. The van der Waals surface area contributed by atoms with E-state index < -0.39 is 23.8 Å². The summed E-state index contributed by atoms with van der Waals surface area (Å²) < 4.78 is 52.9. The van der Waals surface area contributed by atoms with Gasteiger partial charge in [-0.25, -0.2) is 38.3 Å². The summed E-state index contributed by atoms with van der Waals surface area (Å²) >= 11 is 0. The molecule has 0 saturated carbocycles. The van der Waals surface area contributed by atoms with Crippen molar-refractivity contribution in [3.63, 3.8) is 0 Å². The smallest absolute Gasteiger partial charge is 0.413 e. The van der Waals surface area contributed by atoms with Gasteiger partial charge in [0.25, 0.3) is 0 Å². The Morgan fingerprint density at radius 2 is 1.06 bits per heavy atom. The number of carbonyl (C=O) groups excluding carboxylic acids is 2. The minimum atomic E-state index is -0.574. The Balaban J connectivity index is 0.000000170. The highest BCUT2D eigenvalue weighted by atomic mass is 19.1. The van der Waals surface area contributed by atoms with Crippen molar-refractivity contribution in [2.45, 2.75) is 39.9 Å². The van der Waals surface area contributed by atoms with E-state index in [0.29, 0.717) is 107 Å². The first-order chi connectivity index (χ1) is 32.6. The molecule has 0 spiro atoms. The maximum Gasteiger partial charge on any atom is 0.413 e. The number of anilines is 6. The molecule has 2 saturated heterocycles. The highest BCUT2D eigenvalue weighted by Gasteiger charge is 2.32. The molecule has 2 fully saturated rings. The van der Waals surface area contributed by atoms with E-state index in [2.05, 4.69) is 51.0 Å². The molecule has 68 heavy (non-hydrogen) atoms. The number of hydrogen-bond donors (Lipinski definition) is 6. The maximum absolute atomic E-state index is 15.3. The van der Waals surface area contributed by atoms with Gasteiger partial charge >= 0.3 is 12.2 Å². The van der Waals surface area contributed by atoms with Gasteiger partial charge in [0.2, 0.25) is 11.8 Å². The Kier molecular flexibility index (Phi) is 12.6. The molecule has 0 unspecified atom stereocenters. The highest BCUT2D eigenvalue weighted by molar-refractivity contribution is 6.01. The zero-order valence-electron chi connectivity index (χ0n) is 38.6. The van der Waals surface area contributed by atoms with Crippen LogP contribution < -0.4 is 42.2 Å². The van der Waals surface area contributed by atoms with E-state index in [1.165, 1.54) is 12.4 Å². The summed E-state index contributed by atoms with van der Waals surface area (Å²) in [5.74, 6) is 0.994. The van der Waals surface area contributed by atoms with Gasteiger partial charge in [-0.2, -0.15) is 0 Å². The normalized spacial score (nSPS) is 19.9. The molecule has 2 amide bonds. The van der Waals surface area contributed by atoms with Crippen LogP contribution in [0.15, 0.2) is 49.1 Å². The third kappa shape index (κ3) is 9.07. The number of amides is 2. The van der Waals surface area contributed by atoms with Crippen molar-refractivity contribution >= 4 is 68.1 Å². The van der Waals surface area contributed by atoms with Crippen LogP contribution in [0.2, 0.25) is 0 Å². The van der Waals surface area contributed by atoms with E-state index in [0.717, 1.165) is 35.6 Å². The number of nitrogens with zero attached hydrogens (tertiary/aromatic N) is 6. The number of nitrogens with two attached hydrogens (primary N) is 2. The first kappa shape index (κ1) is 45.8. The van der Waals surface area contributed by atoms with Gasteiger partial charge in [0, 0.05) is 109 Å². The molecule has 10 rings (SSSR count). The predicted octanol–water partition coefficient (Wildman–Crippen LogP) is 7.26. The molecular weight excluding hydrogens is 879 g/mol. The van der Waals surface area contributed by atoms with Gasteiger partial charge in [0.1, 0.15) is 48.4 Å². The van der Waals surface area contributed by atoms with Crippen LogP contribution in [0.1, 0.15) is 25.0 Å². The van der Waals surface area contributed by atoms with Crippen molar-refractivity contribution in [2.24, 2.45) is 11.8 Å². The number of aromatic nitrogens is 4. The lowest BCUT2D eigenvalue weighted by atomic mass is 9.97. The van der Waals surface area contributed by atoms with Gasteiger partial charge in [-0.1, -0.05) is 13.8 Å². The van der Waals surface area contributed by atoms with Gasteiger partial charge in [-0.15, -0.1) is 0 Å². The van der Waals surface area contributed by atoms with Gasteiger partial charge < -0.3 is 50.8 Å². The van der Waals surface area contributed by atoms with Gasteiger partial charge in [-0.05, 0) is 74.1 Å². The first-order valence-corrected chi connectivity index (χ1v) is 22.4. The number of nitrogen functional groups attached to an aromatic ring is 2. The highest BCUT2D eigenvalue weighted by Crippen LogP contribution is 2.41. The molecule has 4 aliphatic rings. The number of pyridine rings is 4. The van der Waals surface area contributed by atoms with Crippen LogP contribution in [0, 0.1) is 37.3 Å². The lowest BCUT2D eigenvalue weighted by Crippen LogP contribution is -2.28. The topological polar surface area (TPSA) is 229 Å². The average molecular weight is 933 g/mol. The van der Waals surface area contributed by atoms with E-state index in [1.54, 1.807) is 36.7 Å². The zero-order valence-corrected chi connectivity index (χ0v) is 38.6. The first-order valence-electron chi connectivity index (χ1n) is 22.4. The molecular formula is C48H54F2N12O6. The van der Waals surface area contributed by atoms with Crippen LogP contribution in [0.3, 0.4) is 0 Å². The summed E-state index contributed by atoms with van der Waals surface area (Å²) in [6, 6.07) is 6.69. The van der Waals surface area contributed by atoms with Crippen LogP contribution in [0.25, 0.3) is 43.8 Å². The molecule has 4 atom stereocenters. The van der Waals surface area contributed by atoms with Crippen molar-refractivity contribution in [3.8, 4) is 34.0 Å². The number of hydrogen-bond acceptors (Lipinski definition) is 16. The molecule has 4 aliphatic heterocycles. The average Bonchev–Trinajstić information content (AvgIpc) is 3.81. The van der Waals surface area contributed by atoms with Gasteiger partial charge in [0.15, 0.2) is 11.6 Å². The Morgan fingerprint density at radius 3 is 1.44 bits per heavy atom. The monoisotopic (exact) mass is 932 g/mol. The Morgan fingerprint density at radius 1 is 0.647 bits per heavy atom. The predicted molar refractivity (Wildman–Crippen MR) is 257 cm³/mol. The summed E-state index contributed by atoms with van der Waals surface area (Å²) in [6.45, 7) is 13.3. The van der Waals surface area contributed by atoms with Crippen molar-refractivity contribution in [1.29, 1.82) is 0 Å². The van der Waals surface area contributed by atoms with E-state index in [9.17, 15) is 9.59 Å². The summed E-state index contributed by atoms with van der Waals surface area (Å²) in [5, 5.41) is 14.1. The third-order valence-electron chi connectivity index (χ3n) is 12.9. The molecule has 0 radical (unpaired) electrons. The number of halogens is 2. The Labute approximate surface area is 391 Å². The molecule has 20 heteroatoms. The van der Waals surface area contributed by atoms with E-state index in [1.807, 2.05) is 41.8 Å². The number of likely N-dealkylation sites (tertiary alicyclic amines) is 2. The van der Waals surface area contributed by atoms with Crippen LogP contribution in [-0.4, -0.2) is 121 Å². The molecule has 8 heterocycles. The van der Waals surface area contributed by atoms with Crippen LogP contribution in [0.5, 0.6) is 11.8 Å². The minimum Gasteiger partial charge on any atom is -0.474 e. The quantitative estimate of drug-likeness (QED) is 0.0903. The number of nitrogens with one attached hydrogen (secondary N) is 4. The summed E-state index contributed by atoms with van der Waals surface area (Å²) in [7, 11) is 3.99. The van der Waals surface area contributed by atoms with E-state index in [-0.39, 0.29) is 35.4 Å². The summed E-state index contributed by atoms with van der Waals surface area (Å²) in [6.07, 6.45) is 4.56. The lowest BCUT2D eigenvalue weighted by molar-refractivity contribution is 0.0968. The van der Waals surface area contributed by atoms with Crippen LogP contribution in [-0.2, 0) is 9.47 Å². The molecule has 18 nitrogen and oxygen atoms in total. The Hall–Kier alpha value is -7.32. The van der Waals surface area contributed by atoms with Gasteiger partial charge in [0.05, 0.1) is 11.4 Å². The van der Waals surface area contributed by atoms with Crippen LogP contribution >= 0.6 is 0 Å². The molecule has 6 aromatic rings. The summed E-state index contributed by atoms with van der Waals surface area (Å²) in [4.78, 5) is 46.3. The minimum absolute atomic E-state index is 0.0155. The third-order valence-corrected chi connectivity index (χ3v) is 12.9. The number of likely N-dealkylation sites (N-methyl/N-ethyl adjacent to an activating group) is 2. The fraction of sp³-hybridized carbons (Fsp3) is 0.375. The molecule has 4 aromatic heterocycles. The zero-order chi connectivity index (χ0) is 48.0. The molecule has 0 bridgehead atoms. The van der Waals surface area contributed by atoms with Crippen LogP contribution in [0.4, 0.5) is 52.8 Å². The fourth-order valence-corrected chi connectivity index (χ4v) is 9.30. The number of rotatable bonds is 6. The number of fused-ring (bicyclic) bond motifs is 4. The lowest BCUT2D eigenvalue weighted by Gasteiger charge is -2.22. The Bertz CT molecular complexity index is 2760. The molecule has 8 N–H and O–H groups in total. The maximum atomic E-state index is 15.3. The molecule has 356 valence electrons. The van der Waals surface area contributed by atoms with E-state index >= 15 is 8.78 Å². The molecule has 0 aliphatic carbocycles. The second kappa shape index (κ2) is 18.8. The molecule has 2 aromatic carbocycles. The van der Waals surface area contributed by atoms with Crippen molar-refractivity contribution in [3.05, 3.63) is 71.8 Å². The van der Waals surface area contributed by atoms with Crippen molar-refractivity contribution in [2.75, 3.05) is 99.3 Å². The largest absolute Gasteiger partial charge is 0.474 e. The number of benzene rings is 2. The number of carbonyl (C=O) groups is 2.